The third-order valence-corrected chi connectivity index (χ3v) is 5.37. The second kappa shape index (κ2) is 6.91. The van der Waals surface area contributed by atoms with Gasteiger partial charge in [-0.15, -0.1) is 10.2 Å². The van der Waals surface area contributed by atoms with Crippen molar-refractivity contribution < 1.29 is 0 Å². The van der Waals surface area contributed by atoms with E-state index in [4.69, 9.17) is 0 Å². The molecule has 4 nitrogen and oxygen atoms in total. The van der Waals surface area contributed by atoms with Crippen molar-refractivity contribution in [1.82, 2.24) is 20.1 Å². The summed E-state index contributed by atoms with van der Waals surface area (Å²) in [6.45, 7) is 6.87. The van der Waals surface area contributed by atoms with Gasteiger partial charge < -0.3 is 9.88 Å². The van der Waals surface area contributed by atoms with E-state index in [0.29, 0.717) is 6.04 Å². The normalized spacial score (nSPS) is 27.9. The Balaban J connectivity index is 1.56. The Bertz CT molecular complexity index is 446. The quantitative estimate of drug-likeness (QED) is 0.923. The molecule has 1 saturated carbocycles. The summed E-state index contributed by atoms with van der Waals surface area (Å²) in [5.74, 6) is 4.14. The second-order valence-corrected chi connectivity index (χ2v) is 7.19. The summed E-state index contributed by atoms with van der Waals surface area (Å²) in [4.78, 5) is 0. The largest absolute Gasteiger partial charge is 0.314 e. The molecule has 2 heterocycles. The van der Waals surface area contributed by atoms with Crippen molar-refractivity contribution in [2.24, 2.45) is 11.8 Å². The van der Waals surface area contributed by atoms with Crippen molar-refractivity contribution in [3.8, 4) is 0 Å². The lowest BCUT2D eigenvalue weighted by molar-refractivity contribution is 0.274. The van der Waals surface area contributed by atoms with E-state index in [-0.39, 0.29) is 0 Å². The van der Waals surface area contributed by atoms with E-state index < -0.39 is 0 Å². The van der Waals surface area contributed by atoms with Gasteiger partial charge >= 0.3 is 0 Å². The molecule has 0 spiro atoms. The van der Waals surface area contributed by atoms with Gasteiger partial charge in [-0.2, -0.15) is 0 Å². The zero-order valence-corrected chi connectivity index (χ0v) is 13.6. The van der Waals surface area contributed by atoms with Gasteiger partial charge in [0.2, 0.25) is 0 Å². The topological polar surface area (TPSA) is 42.7 Å². The Kier molecular flexibility index (Phi) is 4.94. The molecule has 0 saturated heterocycles. The molecule has 1 aromatic rings. The zero-order chi connectivity index (χ0) is 14.7. The van der Waals surface area contributed by atoms with Crippen molar-refractivity contribution >= 4 is 0 Å². The van der Waals surface area contributed by atoms with Crippen LogP contribution in [0.15, 0.2) is 0 Å². The van der Waals surface area contributed by atoms with E-state index in [0.717, 1.165) is 37.2 Å². The second-order valence-electron chi connectivity index (χ2n) is 7.19. The van der Waals surface area contributed by atoms with Crippen LogP contribution >= 0.6 is 0 Å². The van der Waals surface area contributed by atoms with Gasteiger partial charge in [0.1, 0.15) is 11.6 Å². The van der Waals surface area contributed by atoms with Crippen LogP contribution in [0.1, 0.15) is 76.5 Å². The smallest absolute Gasteiger partial charge is 0.149 e. The highest BCUT2D eigenvalue weighted by atomic mass is 15.3. The third kappa shape index (κ3) is 3.65. The van der Waals surface area contributed by atoms with Crippen LogP contribution < -0.4 is 5.32 Å². The predicted molar refractivity (Wildman–Crippen MR) is 85.1 cm³/mol. The molecule has 1 aliphatic heterocycles. The van der Waals surface area contributed by atoms with Gasteiger partial charge in [-0.1, -0.05) is 26.2 Å². The Hall–Kier alpha value is -0.900. The lowest BCUT2D eigenvalue weighted by atomic mass is 9.83. The van der Waals surface area contributed by atoms with Crippen LogP contribution in [-0.4, -0.2) is 21.3 Å². The molecule has 1 atom stereocenters. The molecule has 0 bridgehead atoms. The number of hydrogen-bond acceptors (Lipinski definition) is 3. The summed E-state index contributed by atoms with van der Waals surface area (Å²) in [5.41, 5.74) is 0. The van der Waals surface area contributed by atoms with E-state index in [1.54, 1.807) is 0 Å². The highest BCUT2D eigenvalue weighted by molar-refractivity contribution is 5.02. The molecule has 1 fully saturated rings. The first-order chi connectivity index (χ1) is 10.2. The lowest BCUT2D eigenvalue weighted by Gasteiger charge is -2.27. The fourth-order valence-electron chi connectivity index (χ4n) is 3.80. The molecule has 4 heteroatoms. The Labute approximate surface area is 128 Å². The molecule has 118 valence electrons. The van der Waals surface area contributed by atoms with Crippen molar-refractivity contribution in [3.05, 3.63) is 11.6 Å². The molecule has 1 aliphatic carbocycles. The molecular formula is C17H30N4. The summed E-state index contributed by atoms with van der Waals surface area (Å²) < 4.78 is 2.37. The summed E-state index contributed by atoms with van der Waals surface area (Å²) in [6.07, 6.45) is 10.5. The number of nitrogens with zero attached hydrogens (tertiary/aromatic N) is 3. The molecule has 0 amide bonds. The molecule has 0 aromatic carbocycles. The number of rotatable bonds is 4. The number of aryl methyl sites for hydroxylation is 1. The molecule has 1 aromatic heterocycles. The zero-order valence-electron chi connectivity index (χ0n) is 13.6. The van der Waals surface area contributed by atoms with Gasteiger partial charge in [0.05, 0.1) is 6.04 Å². The predicted octanol–water partition coefficient (Wildman–Crippen LogP) is 3.48. The number of fused-ring (bicyclic) bond motifs is 1. The Morgan fingerprint density at radius 1 is 1.14 bits per heavy atom. The fraction of sp³-hybridized carbons (Fsp3) is 0.882. The van der Waals surface area contributed by atoms with E-state index >= 15 is 0 Å². The van der Waals surface area contributed by atoms with Crippen molar-refractivity contribution in [1.29, 1.82) is 0 Å². The summed E-state index contributed by atoms with van der Waals surface area (Å²) in [5, 5.41) is 12.6. The third-order valence-electron chi connectivity index (χ3n) is 5.37. The molecule has 3 rings (SSSR count). The maximum Gasteiger partial charge on any atom is 0.149 e. The Morgan fingerprint density at radius 2 is 1.95 bits per heavy atom. The van der Waals surface area contributed by atoms with Crippen LogP contribution in [0.3, 0.4) is 0 Å². The van der Waals surface area contributed by atoms with E-state index in [9.17, 15) is 0 Å². The van der Waals surface area contributed by atoms with E-state index in [1.165, 1.54) is 50.8 Å². The summed E-state index contributed by atoms with van der Waals surface area (Å²) in [7, 11) is 0. The first-order valence-corrected chi connectivity index (χ1v) is 8.89. The number of aromatic nitrogens is 3. The van der Waals surface area contributed by atoms with Crippen molar-refractivity contribution in [3.63, 3.8) is 0 Å². The standard InChI is InChI=1S/C17H30N4/c1-13-7-9-15(10-8-13)12-18-14(2)17-20-19-16-6-4-3-5-11-21(16)17/h13-15,18H,3-12H2,1-2H3. The van der Waals surface area contributed by atoms with E-state index in [1.807, 2.05) is 0 Å². The maximum atomic E-state index is 4.47. The average Bonchev–Trinajstić information content (AvgIpc) is 2.75. The van der Waals surface area contributed by atoms with Crippen molar-refractivity contribution in [2.75, 3.05) is 6.54 Å². The van der Waals surface area contributed by atoms with Gasteiger partial charge in [0, 0.05) is 13.0 Å². The molecule has 1 N–H and O–H groups in total. The molecule has 0 radical (unpaired) electrons. The average molecular weight is 290 g/mol. The van der Waals surface area contributed by atoms with Crippen LogP contribution in [0.4, 0.5) is 0 Å². The van der Waals surface area contributed by atoms with Crippen LogP contribution in [0, 0.1) is 11.8 Å². The summed E-state index contributed by atoms with van der Waals surface area (Å²) in [6, 6.07) is 0.323. The minimum Gasteiger partial charge on any atom is -0.314 e. The molecular weight excluding hydrogens is 260 g/mol. The monoisotopic (exact) mass is 290 g/mol. The Morgan fingerprint density at radius 3 is 2.76 bits per heavy atom. The number of hydrogen-bond donors (Lipinski definition) is 1. The summed E-state index contributed by atoms with van der Waals surface area (Å²) >= 11 is 0. The highest BCUT2D eigenvalue weighted by Crippen LogP contribution is 2.28. The minimum absolute atomic E-state index is 0.323. The molecule has 21 heavy (non-hydrogen) atoms. The maximum absolute atomic E-state index is 4.47. The van der Waals surface area contributed by atoms with E-state index in [2.05, 4.69) is 33.9 Å². The fourth-order valence-corrected chi connectivity index (χ4v) is 3.80. The van der Waals surface area contributed by atoms with Crippen LogP contribution in [-0.2, 0) is 13.0 Å². The van der Waals surface area contributed by atoms with Crippen molar-refractivity contribution in [2.45, 2.75) is 77.8 Å². The lowest BCUT2D eigenvalue weighted by Crippen LogP contribution is -2.29. The first kappa shape index (κ1) is 15.0. The molecule has 2 aliphatic rings. The van der Waals surface area contributed by atoms with Gasteiger partial charge in [-0.3, -0.25) is 0 Å². The van der Waals surface area contributed by atoms with Crippen LogP contribution in [0.25, 0.3) is 0 Å². The minimum atomic E-state index is 0.323. The van der Waals surface area contributed by atoms with Gasteiger partial charge in [-0.25, -0.2) is 0 Å². The van der Waals surface area contributed by atoms with Crippen LogP contribution in [0.2, 0.25) is 0 Å². The molecule has 1 unspecified atom stereocenters. The number of nitrogens with one attached hydrogen (secondary N) is 1. The van der Waals surface area contributed by atoms with Crippen LogP contribution in [0.5, 0.6) is 0 Å². The van der Waals surface area contributed by atoms with Gasteiger partial charge in [0.25, 0.3) is 0 Å². The van der Waals surface area contributed by atoms with Gasteiger partial charge in [-0.05, 0) is 51.0 Å². The first-order valence-electron chi connectivity index (χ1n) is 8.89. The van der Waals surface area contributed by atoms with Gasteiger partial charge in [0.15, 0.2) is 0 Å². The highest BCUT2D eigenvalue weighted by Gasteiger charge is 2.22. The SMILES string of the molecule is CC1CCC(CNC(C)c2nnc3n2CCCCC3)CC1.